The molecule has 3 aromatic rings. The van der Waals surface area contributed by atoms with Gasteiger partial charge in [0.25, 0.3) is 5.91 Å². The molecule has 1 fully saturated rings. The summed E-state index contributed by atoms with van der Waals surface area (Å²) in [6.07, 6.45) is 3.07. The minimum atomic E-state index is -0.330. The summed E-state index contributed by atoms with van der Waals surface area (Å²) >= 11 is 1.68. The fraction of sp³-hybridized carbons (Fsp3) is 0.400. The van der Waals surface area contributed by atoms with Gasteiger partial charge >= 0.3 is 0 Å². The molecule has 2 aromatic carbocycles. The summed E-state index contributed by atoms with van der Waals surface area (Å²) < 4.78 is 30.3. The summed E-state index contributed by atoms with van der Waals surface area (Å²) in [5.74, 6) is 1.03. The third kappa shape index (κ3) is 5.78. The van der Waals surface area contributed by atoms with Crippen LogP contribution in [0, 0.1) is 5.82 Å². The molecule has 0 aliphatic carbocycles. The van der Waals surface area contributed by atoms with E-state index in [1.807, 2.05) is 16.3 Å². The fourth-order valence-corrected chi connectivity index (χ4v) is 6.50. The van der Waals surface area contributed by atoms with Crippen molar-refractivity contribution in [3.63, 3.8) is 0 Å². The van der Waals surface area contributed by atoms with Gasteiger partial charge in [-0.05, 0) is 91.8 Å². The van der Waals surface area contributed by atoms with Crippen LogP contribution in [0.2, 0.25) is 0 Å². The van der Waals surface area contributed by atoms with E-state index < -0.39 is 0 Å². The van der Waals surface area contributed by atoms with Crippen molar-refractivity contribution < 1.29 is 28.2 Å². The first-order valence-electron chi connectivity index (χ1n) is 13.7. The molecule has 1 unspecified atom stereocenters. The van der Waals surface area contributed by atoms with Crippen LogP contribution in [-0.4, -0.2) is 79.2 Å². The second-order valence-electron chi connectivity index (χ2n) is 10.3. The molecule has 210 valence electrons. The molecule has 10 heteroatoms. The molecule has 0 radical (unpaired) electrons. The first-order chi connectivity index (χ1) is 19.5. The van der Waals surface area contributed by atoms with Gasteiger partial charge in [-0.1, -0.05) is 0 Å². The molecule has 0 N–H and O–H groups in total. The Labute approximate surface area is 236 Å². The zero-order valence-electron chi connectivity index (χ0n) is 22.2. The average Bonchev–Trinajstić information content (AvgIpc) is 3.76. The minimum Gasteiger partial charge on any atom is -0.491 e. The number of thiophene rings is 1. The van der Waals surface area contributed by atoms with Crippen LogP contribution in [0.4, 0.5) is 4.39 Å². The van der Waals surface area contributed by atoms with Gasteiger partial charge in [-0.2, -0.15) is 0 Å². The Kier molecular flexibility index (Phi) is 7.88. The van der Waals surface area contributed by atoms with Gasteiger partial charge in [-0.25, -0.2) is 4.39 Å². The second kappa shape index (κ2) is 11.9. The van der Waals surface area contributed by atoms with Gasteiger partial charge in [0.1, 0.15) is 24.7 Å². The highest BCUT2D eigenvalue weighted by Gasteiger charge is 2.34. The topological polar surface area (TPSA) is 71.6 Å². The SMILES string of the molecule is O=C(c1ccc2c(c1)OCO2)N(CCN1CCCC1)CC(=O)N1CCc2sccc2C1COc1ccc(F)cc1. The van der Waals surface area contributed by atoms with Crippen molar-refractivity contribution in [1.29, 1.82) is 0 Å². The van der Waals surface area contributed by atoms with E-state index in [0.717, 1.165) is 44.5 Å². The zero-order chi connectivity index (χ0) is 27.5. The molecule has 0 saturated carbocycles. The van der Waals surface area contributed by atoms with Crippen molar-refractivity contribution >= 4 is 23.2 Å². The Balaban J connectivity index is 1.20. The van der Waals surface area contributed by atoms with Crippen LogP contribution in [0.5, 0.6) is 17.2 Å². The first-order valence-corrected chi connectivity index (χ1v) is 14.6. The van der Waals surface area contributed by atoms with Crippen LogP contribution in [0.1, 0.15) is 39.7 Å². The van der Waals surface area contributed by atoms with Crippen LogP contribution in [0.3, 0.4) is 0 Å². The number of hydrogen-bond acceptors (Lipinski definition) is 7. The average molecular weight is 566 g/mol. The monoisotopic (exact) mass is 565 g/mol. The molecule has 6 rings (SSSR count). The molecule has 40 heavy (non-hydrogen) atoms. The van der Waals surface area contributed by atoms with E-state index >= 15 is 0 Å². The maximum atomic E-state index is 13.9. The lowest BCUT2D eigenvalue weighted by Gasteiger charge is -2.37. The second-order valence-corrected chi connectivity index (χ2v) is 11.3. The summed E-state index contributed by atoms with van der Waals surface area (Å²) in [4.78, 5) is 34.7. The molecular formula is C30H32FN3O5S. The minimum absolute atomic E-state index is 0.0341. The van der Waals surface area contributed by atoms with E-state index in [4.69, 9.17) is 14.2 Å². The Morgan fingerprint density at radius 3 is 2.65 bits per heavy atom. The fourth-order valence-electron chi connectivity index (χ4n) is 5.57. The molecule has 3 aliphatic heterocycles. The number of hydrogen-bond donors (Lipinski definition) is 0. The normalized spacial score (nSPS) is 18.0. The standard InChI is InChI=1S/C30H32FN3O5S/c31-22-4-6-23(7-5-22)37-19-25-24-10-16-40-28(24)9-13-34(25)29(35)18-33(15-14-32-11-1-2-12-32)30(36)21-3-8-26-27(17-21)39-20-38-26/h3-8,10,16-17,25H,1-2,9,11-15,18-20H2. The maximum absolute atomic E-state index is 13.9. The number of halogens is 1. The molecule has 2 amide bonds. The Morgan fingerprint density at radius 1 is 1.02 bits per heavy atom. The highest BCUT2D eigenvalue weighted by Crippen LogP contribution is 2.35. The van der Waals surface area contributed by atoms with Crippen LogP contribution >= 0.6 is 11.3 Å². The molecular weight excluding hydrogens is 533 g/mol. The van der Waals surface area contributed by atoms with E-state index in [2.05, 4.69) is 4.90 Å². The maximum Gasteiger partial charge on any atom is 0.254 e. The van der Waals surface area contributed by atoms with E-state index in [0.29, 0.717) is 35.9 Å². The lowest BCUT2D eigenvalue weighted by Crippen LogP contribution is -2.49. The summed E-state index contributed by atoms with van der Waals surface area (Å²) in [6.45, 7) is 4.07. The van der Waals surface area contributed by atoms with Crippen LogP contribution < -0.4 is 14.2 Å². The molecule has 1 aromatic heterocycles. The van der Waals surface area contributed by atoms with Crippen LogP contribution in [0.25, 0.3) is 0 Å². The van der Waals surface area contributed by atoms with Crippen molar-refractivity contribution in [2.45, 2.75) is 25.3 Å². The highest BCUT2D eigenvalue weighted by molar-refractivity contribution is 7.10. The zero-order valence-corrected chi connectivity index (χ0v) is 23.0. The molecule has 0 spiro atoms. The lowest BCUT2D eigenvalue weighted by atomic mass is 10.0. The molecule has 1 atom stereocenters. The highest BCUT2D eigenvalue weighted by atomic mass is 32.1. The Morgan fingerprint density at radius 2 is 1.82 bits per heavy atom. The van der Waals surface area contributed by atoms with E-state index in [9.17, 15) is 14.0 Å². The predicted molar refractivity (Wildman–Crippen MR) is 149 cm³/mol. The molecule has 0 bridgehead atoms. The molecule has 1 saturated heterocycles. The third-order valence-corrected chi connectivity index (χ3v) is 8.75. The first kappa shape index (κ1) is 26.6. The van der Waals surface area contributed by atoms with E-state index in [-0.39, 0.29) is 43.6 Å². The van der Waals surface area contributed by atoms with Crippen molar-refractivity contribution in [1.82, 2.24) is 14.7 Å². The Bertz CT molecular complexity index is 1360. The summed E-state index contributed by atoms with van der Waals surface area (Å²) in [5, 5.41) is 2.04. The van der Waals surface area contributed by atoms with Gasteiger partial charge in [0.2, 0.25) is 12.7 Å². The third-order valence-electron chi connectivity index (χ3n) is 7.75. The van der Waals surface area contributed by atoms with Gasteiger partial charge in [0.15, 0.2) is 11.5 Å². The predicted octanol–water partition coefficient (Wildman–Crippen LogP) is 4.36. The smallest absolute Gasteiger partial charge is 0.254 e. The van der Waals surface area contributed by atoms with Gasteiger partial charge < -0.3 is 28.9 Å². The summed E-state index contributed by atoms with van der Waals surface area (Å²) in [7, 11) is 0. The Hall–Kier alpha value is -3.63. The van der Waals surface area contributed by atoms with Crippen LogP contribution in [-0.2, 0) is 11.2 Å². The number of ether oxygens (including phenoxy) is 3. The van der Waals surface area contributed by atoms with E-state index in [1.54, 1.807) is 46.6 Å². The number of amides is 2. The van der Waals surface area contributed by atoms with Gasteiger partial charge in [0, 0.05) is 30.1 Å². The van der Waals surface area contributed by atoms with Gasteiger partial charge in [0.05, 0.1) is 6.04 Å². The summed E-state index contributed by atoms with van der Waals surface area (Å²) in [5.41, 5.74) is 1.53. The summed E-state index contributed by atoms with van der Waals surface area (Å²) in [6, 6.07) is 12.8. The van der Waals surface area contributed by atoms with Gasteiger partial charge in [-0.3, -0.25) is 9.59 Å². The van der Waals surface area contributed by atoms with Crippen molar-refractivity contribution in [3.05, 3.63) is 75.7 Å². The van der Waals surface area contributed by atoms with E-state index in [1.165, 1.54) is 17.0 Å². The quantitative estimate of drug-likeness (QED) is 0.384. The van der Waals surface area contributed by atoms with Crippen molar-refractivity contribution in [2.24, 2.45) is 0 Å². The molecule has 4 heterocycles. The number of carbonyl (C=O) groups excluding carboxylic acids is 2. The van der Waals surface area contributed by atoms with Crippen molar-refractivity contribution in [2.75, 3.05) is 52.7 Å². The number of nitrogens with zero attached hydrogens (tertiary/aromatic N) is 3. The largest absolute Gasteiger partial charge is 0.491 e. The van der Waals surface area contributed by atoms with Crippen LogP contribution in [0.15, 0.2) is 53.9 Å². The number of likely N-dealkylation sites (tertiary alicyclic amines) is 1. The number of rotatable bonds is 9. The molecule has 8 nitrogen and oxygen atoms in total. The molecule has 3 aliphatic rings. The van der Waals surface area contributed by atoms with Crippen molar-refractivity contribution in [3.8, 4) is 17.2 Å². The van der Waals surface area contributed by atoms with Gasteiger partial charge in [-0.15, -0.1) is 11.3 Å². The number of fused-ring (bicyclic) bond motifs is 2. The lowest BCUT2D eigenvalue weighted by molar-refractivity contribution is -0.135. The number of carbonyl (C=O) groups is 2. The number of benzene rings is 2.